The number of aryl methyl sites for hydroxylation is 1. The van der Waals surface area contributed by atoms with Crippen molar-refractivity contribution in [3.05, 3.63) is 115 Å². The van der Waals surface area contributed by atoms with E-state index in [-0.39, 0.29) is 21.2 Å². The van der Waals surface area contributed by atoms with E-state index >= 15 is 0 Å². The van der Waals surface area contributed by atoms with Crippen LogP contribution in [0.2, 0.25) is 0 Å². The Morgan fingerprint density at radius 2 is 1.42 bits per heavy atom. The number of amides is 1. The fourth-order valence-electron chi connectivity index (χ4n) is 3.64. The van der Waals surface area contributed by atoms with E-state index in [4.69, 9.17) is 0 Å². The Kier molecular flexibility index (Phi) is 7.79. The molecule has 4 aromatic rings. The number of hydrogen-bond donors (Lipinski definition) is 2. The van der Waals surface area contributed by atoms with Crippen LogP contribution in [0.3, 0.4) is 0 Å². The van der Waals surface area contributed by atoms with Crippen molar-refractivity contribution in [3.8, 4) is 0 Å². The number of carbonyl (C=O) groups excluding carboxylic acids is 1. The second kappa shape index (κ2) is 11.0. The first-order valence-corrected chi connectivity index (χ1v) is 14.3. The number of nitrogens with zero attached hydrogens (tertiary/aromatic N) is 1. The minimum atomic E-state index is -4.28. The smallest absolute Gasteiger partial charge is 0.264 e. The number of anilines is 3. The van der Waals surface area contributed by atoms with Gasteiger partial charge in [-0.3, -0.25) is 13.8 Å². The summed E-state index contributed by atoms with van der Waals surface area (Å²) in [6.45, 7) is 1.13. The number of sulfonamides is 2. The monoisotopic (exact) mass is 553 g/mol. The number of carbonyl (C=O) groups is 1. The molecular weight excluding hydrogens is 529 g/mol. The summed E-state index contributed by atoms with van der Waals surface area (Å²) in [5.41, 5.74) is 1.25. The van der Waals surface area contributed by atoms with Gasteiger partial charge in [0.15, 0.2) is 0 Å². The highest BCUT2D eigenvalue weighted by Crippen LogP contribution is 2.26. The SMILES string of the molecule is Cc1cccc(NS(=O)(=O)c2ccc(NC(=O)CN(c3ccccc3F)S(=O)(=O)c3ccccc3)cc2)c1. The summed E-state index contributed by atoms with van der Waals surface area (Å²) < 4.78 is 69.8. The number of hydrogen-bond acceptors (Lipinski definition) is 5. The highest BCUT2D eigenvalue weighted by molar-refractivity contribution is 7.93. The molecule has 0 aliphatic rings. The number of benzene rings is 4. The molecule has 0 atom stereocenters. The third-order valence-electron chi connectivity index (χ3n) is 5.46. The summed E-state index contributed by atoms with van der Waals surface area (Å²) in [5, 5.41) is 2.54. The Balaban J connectivity index is 1.53. The molecule has 0 aliphatic heterocycles. The van der Waals surface area contributed by atoms with Crippen LogP contribution in [0.1, 0.15) is 5.56 Å². The van der Waals surface area contributed by atoms with Gasteiger partial charge < -0.3 is 5.32 Å². The number of nitrogens with one attached hydrogen (secondary N) is 2. The standard InChI is InChI=1S/C27H24FN3O5S2/c1-20-8-7-9-22(18-20)30-37(33,34)23-16-14-21(15-17-23)29-27(32)19-31(26-13-6-5-12-25(26)28)38(35,36)24-10-3-2-4-11-24/h2-18,30H,19H2,1H3,(H,29,32). The molecule has 0 heterocycles. The van der Waals surface area contributed by atoms with Gasteiger partial charge in [0.05, 0.1) is 15.5 Å². The van der Waals surface area contributed by atoms with Crippen LogP contribution in [0.25, 0.3) is 0 Å². The molecule has 0 saturated heterocycles. The molecule has 4 aromatic carbocycles. The van der Waals surface area contributed by atoms with Crippen molar-refractivity contribution in [1.29, 1.82) is 0 Å². The Labute approximate surface area is 220 Å². The molecule has 1 amide bonds. The van der Waals surface area contributed by atoms with Crippen LogP contribution in [0.5, 0.6) is 0 Å². The van der Waals surface area contributed by atoms with Crippen LogP contribution in [0.4, 0.5) is 21.5 Å². The molecular formula is C27H24FN3O5S2. The van der Waals surface area contributed by atoms with Gasteiger partial charge >= 0.3 is 0 Å². The summed E-state index contributed by atoms with van der Waals surface area (Å²) in [6.07, 6.45) is 0. The number of rotatable bonds is 9. The fourth-order valence-corrected chi connectivity index (χ4v) is 6.14. The quantitative estimate of drug-likeness (QED) is 0.310. The second-order valence-corrected chi connectivity index (χ2v) is 11.9. The lowest BCUT2D eigenvalue weighted by Crippen LogP contribution is -2.38. The van der Waals surface area contributed by atoms with Crippen molar-refractivity contribution in [3.63, 3.8) is 0 Å². The molecule has 11 heteroatoms. The summed E-state index contributed by atoms with van der Waals surface area (Å²) in [4.78, 5) is 12.7. The molecule has 0 bridgehead atoms. The highest BCUT2D eigenvalue weighted by atomic mass is 32.2. The lowest BCUT2D eigenvalue weighted by atomic mass is 10.2. The van der Waals surface area contributed by atoms with Gasteiger partial charge in [-0.25, -0.2) is 21.2 Å². The number of halogens is 1. The van der Waals surface area contributed by atoms with Crippen molar-refractivity contribution in [1.82, 2.24) is 0 Å². The van der Waals surface area contributed by atoms with E-state index in [0.717, 1.165) is 11.6 Å². The molecule has 0 radical (unpaired) electrons. The highest BCUT2D eigenvalue weighted by Gasteiger charge is 2.29. The largest absolute Gasteiger partial charge is 0.325 e. The molecule has 0 fully saturated rings. The summed E-state index contributed by atoms with van der Waals surface area (Å²) in [7, 11) is -8.16. The molecule has 0 saturated carbocycles. The molecule has 0 aromatic heterocycles. The van der Waals surface area contributed by atoms with E-state index in [9.17, 15) is 26.0 Å². The first kappa shape index (κ1) is 26.8. The average Bonchev–Trinajstić information content (AvgIpc) is 2.88. The predicted molar refractivity (Wildman–Crippen MR) is 144 cm³/mol. The van der Waals surface area contributed by atoms with Gasteiger partial charge in [-0.1, -0.05) is 42.5 Å². The van der Waals surface area contributed by atoms with Gasteiger partial charge in [0, 0.05) is 11.4 Å². The van der Waals surface area contributed by atoms with Gasteiger partial charge in [0.1, 0.15) is 12.4 Å². The average molecular weight is 554 g/mol. The third-order valence-corrected chi connectivity index (χ3v) is 8.63. The van der Waals surface area contributed by atoms with E-state index in [1.54, 1.807) is 24.3 Å². The zero-order valence-electron chi connectivity index (χ0n) is 20.2. The Morgan fingerprint density at radius 3 is 2.08 bits per heavy atom. The Hall–Kier alpha value is -4.22. The maximum absolute atomic E-state index is 14.6. The molecule has 2 N–H and O–H groups in total. The van der Waals surface area contributed by atoms with Crippen molar-refractivity contribution >= 4 is 43.0 Å². The Morgan fingerprint density at radius 1 is 0.763 bits per heavy atom. The first-order valence-electron chi connectivity index (χ1n) is 11.4. The first-order chi connectivity index (χ1) is 18.1. The maximum Gasteiger partial charge on any atom is 0.264 e. The van der Waals surface area contributed by atoms with Crippen LogP contribution in [-0.2, 0) is 24.8 Å². The number of para-hydroxylation sites is 1. The van der Waals surface area contributed by atoms with Gasteiger partial charge in [0.2, 0.25) is 5.91 Å². The van der Waals surface area contributed by atoms with Crippen molar-refractivity contribution in [2.45, 2.75) is 16.7 Å². The zero-order valence-corrected chi connectivity index (χ0v) is 21.8. The van der Waals surface area contributed by atoms with Gasteiger partial charge in [-0.2, -0.15) is 0 Å². The minimum Gasteiger partial charge on any atom is -0.325 e. The zero-order chi connectivity index (χ0) is 27.3. The predicted octanol–water partition coefficient (Wildman–Crippen LogP) is 4.77. The van der Waals surface area contributed by atoms with E-state index < -0.39 is 38.3 Å². The van der Waals surface area contributed by atoms with E-state index in [2.05, 4.69) is 10.0 Å². The topological polar surface area (TPSA) is 113 Å². The van der Waals surface area contributed by atoms with E-state index in [1.807, 2.05) is 13.0 Å². The molecule has 196 valence electrons. The molecule has 0 aliphatic carbocycles. The fraction of sp³-hybridized carbons (Fsp3) is 0.0741. The third kappa shape index (κ3) is 6.18. The minimum absolute atomic E-state index is 0.0309. The van der Waals surface area contributed by atoms with E-state index in [0.29, 0.717) is 9.99 Å². The lowest BCUT2D eigenvalue weighted by Gasteiger charge is -2.24. The molecule has 0 spiro atoms. The Bertz CT molecular complexity index is 1660. The van der Waals surface area contributed by atoms with Crippen LogP contribution < -0.4 is 14.3 Å². The molecule has 4 rings (SSSR count). The van der Waals surface area contributed by atoms with Crippen LogP contribution in [0, 0.1) is 12.7 Å². The molecule has 38 heavy (non-hydrogen) atoms. The summed E-state index contributed by atoms with van der Waals surface area (Å²) in [6, 6.07) is 24.9. The van der Waals surface area contributed by atoms with Gasteiger partial charge in [0.25, 0.3) is 20.0 Å². The van der Waals surface area contributed by atoms with Crippen molar-refractivity contribution in [2.24, 2.45) is 0 Å². The summed E-state index contributed by atoms with van der Waals surface area (Å²) in [5.74, 6) is -1.56. The van der Waals surface area contributed by atoms with Gasteiger partial charge in [-0.05, 0) is 73.2 Å². The van der Waals surface area contributed by atoms with Gasteiger partial charge in [-0.15, -0.1) is 0 Å². The lowest BCUT2D eigenvalue weighted by molar-refractivity contribution is -0.114. The van der Waals surface area contributed by atoms with E-state index in [1.165, 1.54) is 66.7 Å². The molecule has 8 nitrogen and oxygen atoms in total. The summed E-state index contributed by atoms with van der Waals surface area (Å²) >= 11 is 0. The second-order valence-electron chi connectivity index (χ2n) is 8.32. The van der Waals surface area contributed by atoms with Crippen molar-refractivity contribution < 1.29 is 26.0 Å². The van der Waals surface area contributed by atoms with Crippen molar-refractivity contribution in [2.75, 3.05) is 20.9 Å². The van der Waals surface area contributed by atoms with Crippen LogP contribution in [-0.4, -0.2) is 29.3 Å². The van der Waals surface area contributed by atoms with Crippen LogP contribution in [0.15, 0.2) is 113 Å². The van der Waals surface area contributed by atoms with Crippen LogP contribution >= 0.6 is 0 Å². The normalized spacial score (nSPS) is 11.5. The molecule has 0 unspecified atom stereocenters. The maximum atomic E-state index is 14.6.